The van der Waals surface area contributed by atoms with E-state index < -0.39 is 0 Å². The molecule has 0 aliphatic carbocycles. The fraction of sp³-hybridized carbons (Fsp3) is 0. The van der Waals surface area contributed by atoms with Gasteiger partial charge in [-0.15, -0.1) is 0 Å². The molecule has 2 rings (SSSR count). The molecule has 0 bridgehead atoms. The van der Waals surface area contributed by atoms with E-state index >= 15 is 0 Å². The number of rotatable bonds is 3. The van der Waals surface area contributed by atoms with Crippen molar-refractivity contribution in [3.63, 3.8) is 0 Å². The number of anilines is 1. The molecule has 0 aromatic heterocycles. The highest BCUT2D eigenvalue weighted by Crippen LogP contribution is 2.15. The van der Waals surface area contributed by atoms with Gasteiger partial charge in [-0.05, 0) is 57.9 Å². The standard InChI is InChI=1S/C14H11BrFN3O/c15-12-7-9(1-6-13(12)16)8-18-19-14(20)10-2-4-11(17)5-3-10/h1-8H,17H2,(H,19,20)/b18-8-. The van der Waals surface area contributed by atoms with Crippen molar-refractivity contribution in [1.29, 1.82) is 0 Å². The summed E-state index contributed by atoms with van der Waals surface area (Å²) in [5.41, 5.74) is 9.62. The Kier molecular flexibility index (Phi) is 4.47. The van der Waals surface area contributed by atoms with Crippen molar-refractivity contribution >= 4 is 33.7 Å². The zero-order valence-corrected chi connectivity index (χ0v) is 11.9. The lowest BCUT2D eigenvalue weighted by Crippen LogP contribution is -2.17. The normalized spacial score (nSPS) is 10.7. The molecule has 2 aromatic carbocycles. The van der Waals surface area contributed by atoms with Crippen molar-refractivity contribution in [3.8, 4) is 0 Å². The summed E-state index contributed by atoms with van der Waals surface area (Å²) >= 11 is 3.07. The maximum atomic E-state index is 13.0. The second kappa shape index (κ2) is 6.29. The summed E-state index contributed by atoms with van der Waals surface area (Å²) in [6, 6.07) is 10.9. The minimum Gasteiger partial charge on any atom is -0.399 e. The average Bonchev–Trinajstić information content (AvgIpc) is 2.43. The fourth-order valence-electron chi connectivity index (χ4n) is 1.46. The first kappa shape index (κ1) is 14.2. The van der Waals surface area contributed by atoms with Gasteiger partial charge in [0.2, 0.25) is 0 Å². The second-order valence-corrected chi connectivity index (χ2v) is 4.85. The number of nitrogens with one attached hydrogen (secondary N) is 1. The molecular formula is C14H11BrFN3O. The van der Waals surface area contributed by atoms with Gasteiger partial charge in [-0.2, -0.15) is 5.10 Å². The molecule has 0 aliphatic heterocycles. The number of halogens is 2. The van der Waals surface area contributed by atoms with Gasteiger partial charge in [0.25, 0.3) is 5.91 Å². The molecule has 4 nitrogen and oxygen atoms in total. The third-order valence-electron chi connectivity index (χ3n) is 2.50. The van der Waals surface area contributed by atoms with E-state index in [0.717, 1.165) is 0 Å². The number of nitrogen functional groups attached to an aromatic ring is 1. The maximum absolute atomic E-state index is 13.0. The summed E-state index contributed by atoms with van der Waals surface area (Å²) < 4.78 is 13.4. The molecule has 0 radical (unpaired) electrons. The van der Waals surface area contributed by atoms with E-state index in [1.807, 2.05) is 0 Å². The summed E-state index contributed by atoms with van der Waals surface area (Å²) in [5.74, 6) is -0.699. The molecule has 0 fully saturated rings. The number of hydrogen-bond donors (Lipinski definition) is 2. The molecule has 0 spiro atoms. The summed E-state index contributed by atoms with van der Waals surface area (Å²) in [7, 11) is 0. The van der Waals surface area contributed by atoms with Gasteiger partial charge in [-0.1, -0.05) is 6.07 Å². The Bertz CT molecular complexity index is 656. The van der Waals surface area contributed by atoms with Crippen molar-refractivity contribution in [2.75, 3.05) is 5.73 Å². The zero-order chi connectivity index (χ0) is 14.5. The highest BCUT2D eigenvalue weighted by atomic mass is 79.9. The summed E-state index contributed by atoms with van der Waals surface area (Å²) in [5, 5.41) is 3.81. The van der Waals surface area contributed by atoms with Gasteiger partial charge in [-0.25, -0.2) is 9.82 Å². The van der Waals surface area contributed by atoms with Crippen LogP contribution in [0.25, 0.3) is 0 Å². The van der Waals surface area contributed by atoms with Crippen molar-refractivity contribution in [2.24, 2.45) is 5.10 Å². The molecular weight excluding hydrogens is 325 g/mol. The first-order valence-corrected chi connectivity index (χ1v) is 6.49. The molecule has 102 valence electrons. The number of benzene rings is 2. The van der Waals surface area contributed by atoms with Crippen LogP contribution in [0.3, 0.4) is 0 Å². The summed E-state index contributed by atoms with van der Waals surface area (Å²) in [6.07, 6.45) is 1.43. The van der Waals surface area contributed by atoms with Crippen LogP contribution in [0.5, 0.6) is 0 Å². The number of hydrazone groups is 1. The fourth-order valence-corrected chi connectivity index (χ4v) is 1.85. The molecule has 2 aromatic rings. The summed E-state index contributed by atoms with van der Waals surface area (Å²) in [6.45, 7) is 0. The van der Waals surface area contributed by atoms with Crippen LogP contribution in [0, 0.1) is 5.82 Å². The van der Waals surface area contributed by atoms with Gasteiger partial charge in [-0.3, -0.25) is 4.79 Å². The van der Waals surface area contributed by atoms with Crippen LogP contribution in [0.15, 0.2) is 52.0 Å². The van der Waals surface area contributed by atoms with Gasteiger partial charge in [0.1, 0.15) is 5.82 Å². The van der Waals surface area contributed by atoms with E-state index in [0.29, 0.717) is 21.3 Å². The number of amides is 1. The van der Waals surface area contributed by atoms with Crippen LogP contribution in [-0.4, -0.2) is 12.1 Å². The van der Waals surface area contributed by atoms with E-state index in [9.17, 15) is 9.18 Å². The Balaban J connectivity index is 2.00. The Morgan fingerprint density at radius 2 is 1.95 bits per heavy atom. The Hall–Kier alpha value is -2.21. The van der Waals surface area contributed by atoms with Crippen LogP contribution in [-0.2, 0) is 0 Å². The number of hydrogen-bond acceptors (Lipinski definition) is 3. The predicted molar refractivity (Wildman–Crippen MR) is 80.0 cm³/mol. The van der Waals surface area contributed by atoms with Crippen LogP contribution >= 0.6 is 15.9 Å². The molecule has 0 heterocycles. The van der Waals surface area contributed by atoms with E-state index in [2.05, 4.69) is 26.5 Å². The van der Waals surface area contributed by atoms with Crippen molar-refractivity contribution in [1.82, 2.24) is 5.43 Å². The van der Waals surface area contributed by atoms with Crippen LogP contribution < -0.4 is 11.2 Å². The van der Waals surface area contributed by atoms with Gasteiger partial charge in [0.05, 0.1) is 10.7 Å². The number of carbonyl (C=O) groups excluding carboxylic acids is 1. The molecule has 1 amide bonds. The Morgan fingerprint density at radius 1 is 1.25 bits per heavy atom. The number of carbonyl (C=O) groups is 1. The maximum Gasteiger partial charge on any atom is 0.271 e. The summed E-state index contributed by atoms with van der Waals surface area (Å²) in [4.78, 5) is 11.7. The molecule has 0 atom stereocenters. The van der Waals surface area contributed by atoms with Crippen LogP contribution in [0.1, 0.15) is 15.9 Å². The lowest BCUT2D eigenvalue weighted by atomic mass is 10.2. The van der Waals surface area contributed by atoms with Crippen molar-refractivity contribution < 1.29 is 9.18 Å². The number of nitrogens with zero attached hydrogens (tertiary/aromatic N) is 1. The number of nitrogens with two attached hydrogens (primary N) is 1. The smallest absolute Gasteiger partial charge is 0.271 e. The monoisotopic (exact) mass is 335 g/mol. The quantitative estimate of drug-likeness (QED) is 0.514. The first-order valence-electron chi connectivity index (χ1n) is 5.70. The van der Waals surface area contributed by atoms with E-state index in [1.165, 1.54) is 12.3 Å². The molecule has 20 heavy (non-hydrogen) atoms. The molecule has 0 unspecified atom stereocenters. The molecule has 3 N–H and O–H groups in total. The molecule has 0 aliphatic rings. The highest BCUT2D eigenvalue weighted by Gasteiger charge is 2.03. The van der Waals surface area contributed by atoms with Crippen LogP contribution in [0.4, 0.5) is 10.1 Å². The Labute approximate surface area is 123 Å². The molecule has 6 heteroatoms. The lowest BCUT2D eigenvalue weighted by Gasteiger charge is -2.00. The van der Waals surface area contributed by atoms with Gasteiger partial charge in [0, 0.05) is 11.3 Å². The van der Waals surface area contributed by atoms with E-state index in [-0.39, 0.29) is 11.7 Å². The van der Waals surface area contributed by atoms with Gasteiger partial charge < -0.3 is 5.73 Å². The zero-order valence-electron chi connectivity index (χ0n) is 10.3. The highest BCUT2D eigenvalue weighted by molar-refractivity contribution is 9.10. The van der Waals surface area contributed by atoms with Crippen molar-refractivity contribution in [3.05, 3.63) is 63.9 Å². The minimum atomic E-state index is -0.354. The first-order chi connectivity index (χ1) is 9.56. The van der Waals surface area contributed by atoms with Gasteiger partial charge in [0.15, 0.2) is 0 Å². The third-order valence-corrected chi connectivity index (χ3v) is 3.10. The van der Waals surface area contributed by atoms with Gasteiger partial charge >= 0.3 is 0 Å². The lowest BCUT2D eigenvalue weighted by molar-refractivity contribution is 0.0955. The van der Waals surface area contributed by atoms with Crippen molar-refractivity contribution in [2.45, 2.75) is 0 Å². The molecule has 0 saturated carbocycles. The van der Waals surface area contributed by atoms with E-state index in [4.69, 9.17) is 5.73 Å². The largest absolute Gasteiger partial charge is 0.399 e. The topological polar surface area (TPSA) is 67.5 Å². The third kappa shape index (κ3) is 3.64. The van der Waals surface area contributed by atoms with Crippen LogP contribution in [0.2, 0.25) is 0 Å². The minimum absolute atomic E-state index is 0.339. The second-order valence-electron chi connectivity index (χ2n) is 3.99. The Morgan fingerprint density at radius 3 is 2.60 bits per heavy atom. The SMILES string of the molecule is Nc1ccc(C(=O)N/N=C\c2ccc(F)c(Br)c2)cc1. The van der Waals surface area contributed by atoms with E-state index in [1.54, 1.807) is 36.4 Å². The average molecular weight is 336 g/mol. The predicted octanol–water partition coefficient (Wildman–Crippen LogP) is 2.93. The molecule has 0 saturated heterocycles.